The second-order valence-corrected chi connectivity index (χ2v) is 38.8. The van der Waals surface area contributed by atoms with E-state index in [9.17, 15) is 38.4 Å². The van der Waals surface area contributed by atoms with Crippen molar-refractivity contribution in [3.05, 3.63) is 336 Å². The Kier molecular flexibility index (Phi) is 26.1. The van der Waals surface area contributed by atoms with Crippen LogP contribution in [-0.2, 0) is 44.9 Å². The van der Waals surface area contributed by atoms with Crippen LogP contribution in [0.5, 0.6) is 0 Å². The van der Waals surface area contributed by atoms with Gasteiger partial charge >= 0.3 is 0 Å². The number of aryl methyl sites for hydroxylation is 4. The van der Waals surface area contributed by atoms with Crippen molar-refractivity contribution in [1.29, 1.82) is 0 Å². The highest BCUT2D eigenvalue weighted by Crippen LogP contribution is 2.56. The van der Waals surface area contributed by atoms with Gasteiger partial charge in [0.1, 0.15) is 103 Å². The van der Waals surface area contributed by atoms with Crippen molar-refractivity contribution in [2.24, 2.45) is 11.8 Å². The summed E-state index contributed by atoms with van der Waals surface area (Å²) in [4.78, 5) is 165. The number of rotatable bonds is 22. The number of ketones is 4. The van der Waals surface area contributed by atoms with Gasteiger partial charge in [-0.3, -0.25) is 75.9 Å². The maximum atomic E-state index is 13.0. The van der Waals surface area contributed by atoms with Gasteiger partial charge < -0.3 is 53.2 Å². The van der Waals surface area contributed by atoms with Gasteiger partial charge in [0.15, 0.2) is 23.1 Å². The number of hydrogen-bond acceptors (Lipinski definition) is 26. The summed E-state index contributed by atoms with van der Waals surface area (Å²) in [5.41, 5.74) is 43.7. The molecular weight excluding hydrogens is 1860 g/mol. The third kappa shape index (κ3) is 18.6. The largest absolute Gasteiger partial charge is 0.382 e. The molecular formula is C114H106N26O8. The quantitative estimate of drug-likeness (QED) is 0.0208. The number of aromatic nitrogens is 16. The van der Waals surface area contributed by atoms with Crippen LogP contribution in [0.3, 0.4) is 0 Å². The number of piperidine rings is 2. The Morgan fingerprint density at radius 1 is 0.351 bits per heavy atom. The van der Waals surface area contributed by atoms with Gasteiger partial charge in [-0.1, -0.05) is 122 Å². The molecule has 0 spiro atoms. The number of carbonyl (C=O) groups excluding carboxylic acids is 8. The molecule has 740 valence electrons. The van der Waals surface area contributed by atoms with Crippen molar-refractivity contribution in [3.8, 4) is 68.7 Å². The Hall–Kier alpha value is -17.8. The first-order chi connectivity index (χ1) is 71.8. The molecule has 2 aliphatic carbocycles. The Morgan fingerprint density at radius 3 is 0.953 bits per heavy atom. The molecule has 10 N–H and O–H groups in total. The number of anilines is 4. The molecule has 34 heteroatoms. The molecule has 34 nitrogen and oxygen atoms in total. The predicted molar refractivity (Wildman–Crippen MR) is 558 cm³/mol. The number of likely N-dealkylation sites (tertiary alicyclic amines) is 4. The van der Waals surface area contributed by atoms with Gasteiger partial charge in [0.25, 0.3) is 11.8 Å². The van der Waals surface area contributed by atoms with Gasteiger partial charge in [-0.2, -0.15) is 0 Å². The minimum atomic E-state index is -0.284. The third-order valence-electron chi connectivity index (χ3n) is 29.2. The van der Waals surface area contributed by atoms with E-state index >= 15 is 0 Å². The average molecular weight is 1970 g/mol. The highest BCUT2D eigenvalue weighted by Gasteiger charge is 2.58. The van der Waals surface area contributed by atoms with E-state index in [0.717, 1.165) is 136 Å². The van der Waals surface area contributed by atoms with E-state index in [1.165, 1.54) is 12.2 Å². The van der Waals surface area contributed by atoms with Crippen LogP contribution in [0.1, 0.15) is 186 Å². The summed E-state index contributed by atoms with van der Waals surface area (Å²) >= 11 is 0. The number of fused-ring (bicyclic) bond motifs is 10. The monoisotopic (exact) mass is 1970 g/mol. The molecule has 6 aliphatic heterocycles. The smallest absolute Gasteiger partial charge is 0.299 e. The molecule has 4 amide bonds. The Labute approximate surface area is 851 Å². The Balaban J connectivity index is 0.000000116. The van der Waals surface area contributed by atoms with E-state index in [-0.39, 0.29) is 133 Å². The summed E-state index contributed by atoms with van der Waals surface area (Å²) in [5, 5.41) is 7.03. The Morgan fingerprint density at radius 2 is 0.635 bits per heavy atom. The van der Waals surface area contributed by atoms with E-state index < -0.39 is 0 Å². The first-order valence-electron chi connectivity index (χ1n) is 49.3. The molecule has 24 rings (SSSR count). The topological polar surface area (TPSA) is 450 Å². The maximum absolute atomic E-state index is 13.0. The normalized spacial score (nSPS) is 20.1. The molecule has 148 heavy (non-hydrogen) atoms. The predicted octanol–water partition coefficient (Wildman–Crippen LogP) is 13.4. The molecule has 16 aromatic rings. The van der Waals surface area contributed by atoms with E-state index in [0.29, 0.717) is 108 Å². The summed E-state index contributed by atoms with van der Waals surface area (Å²) < 4.78 is 7.73. The molecule has 18 heterocycles. The van der Waals surface area contributed by atoms with E-state index in [4.69, 9.17) is 42.9 Å². The molecule has 4 aromatic carbocycles. The lowest BCUT2D eigenvalue weighted by Crippen LogP contribution is -2.49. The molecule has 12 aromatic heterocycles. The minimum absolute atomic E-state index is 0.0000203. The van der Waals surface area contributed by atoms with Crippen molar-refractivity contribution in [1.82, 2.24) is 108 Å². The lowest BCUT2D eigenvalue weighted by molar-refractivity contribution is -0.130. The van der Waals surface area contributed by atoms with Crippen LogP contribution in [-0.4, -0.2) is 193 Å². The van der Waals surface area contributed by atoms with Gasteiger partial charge in [-0.05, 0) is 187 Å². The van der Waals surface area contributed by atoms with Crippen molar-refractivity contribution in [2.45, 2.75) is 166 Å². The fraction of sp³-hybridized carbons (Fsp3) is 0.263. The van der Waals surface area contributed by atoms with Crippen LogP contribution in [0.15, 0.2) is 245 Å². The SMILES string of the molecule is C=CC(=O)N1C(c2nc(-c3ccc(C(=O)Cc4cc(C)ccn4)cc3)c3c(N)nccn23)CC2CC21.C=CC(=O)N1C2CN[C@@H](C2)C1c1nc(-c2ccc(C(=O)Cc3cc(C)ccn3)cc2)c2c(N)nccn12.CC#CC(=O)N1C(c2nc(-c3ccc(C(=O)Cc4cc(C)ccn4)cc3)c3c(N)nccn23)CC2CC21.CC#CC(=O)N1C2CN[C@@H](C2)C1c1nc(-c2ccc(C(=O)Cc3cc(C)ccn3)cc2)c2c(N)nccn12. The van der Waals surface area contributed by atoms with Gasteiger partial charge in [0.2, 0.25) is 11.8 Å². The third-order valence-corrected chi connectivity index (χ3v) is 29.2. The van der Waals surface area contributed by atoms with Crippen LogP contribution in [0.4, 0.5) is 23.3 Å². The second kappa shape index (κ2) is 40.1. The number of Topliss-reactive ketones (excluding diaryl/α,β-unsaturated/α-hetero) is 4. The zero-order chi connectivity index (χ0) is 103. The number of benzene rings is 4. The van der Waals surface area contributed by atoms with Gasteiger partial charge in [-0.25, -0.2) is 39.9 Å². The van der Waals surface area contributed by atoms with Crippen LogP contribution in [0.2, 0.25) is 0 Å². The zero-order valence-electron chi connectivity index (χ0n) is 82.3. The van der Waals surface area contributed by atoms with Crippen LogP contribution >= 0.6 is 0 Å². The summed E-state index contributed by atoms with van der Waals surface area (Å²) in [6, 6.07) is 44.8. The number of carbonyl (C=O) groups is 8. The first-order valence-corrected chi connectivity index (χ1v) is 49.3. The lowest BCUT2D eigenvalue weighted by atomic mass is 10.0. The molecule has 10 unspecified atom stereocenters. The number of imidazole rings is 4. The lowest BCUT2D eigenvalue weighted by Gasteiger charge is -2.34. The molecule has 6 saturated heterocycles. The summed E-state index contributed by atoms with van der Waals surface area (Å²) in [6.45, 7) is 20.2. The number of nitrogens with two attached hydrogens (primary N) is 4. The summed E-state index contributed by atoms with van der Waals surface area (Å²) in [6.07, 6.45) is 29.9. The van der Waals surface area contributed by atoms with Crippen molar-refractivity contribution in [2.75, 3.05) is 36.0 Å². The Bertz CT molecular complexity index is 8210. The van der Waals surface area contributed by atoms with Crippen LogP contribution in [0, 0.1) is 63.2 Å². The molecule has 8 fully saturated rings. The summed E-state index contributed by atoms with van der Waals surface area (Å²) in [7, 11) is 0. The highest BCUT2D eigenvalue weighted by atomic mass is 16.2. The standard InChI is InChI=1S/C29H27N7O2.C29H26N6O2.C28H27N7O2.C28H26N6O2/c1-3-4-24(38)36-21-15-22(33-16-21)26(36)29-34-25(27-28(30)32-11-12-35(27)29)19-7-5-18(6-8-19)23(37)14-20-13-17(2)9-10-31-20;1-3-4-25(37)35-22-14-20(22)15-23(35)29-33-26(27-28(30)32-11-12-34(27)29)19-7-5-18(6-8-19)24(36)16-21-13-17(2)9-10-31-21;1-3-23(37)35-20-14-21(32-15-20)25(35)28-33-24(26-27(29)31-10-11-34(26)28)18-6-4-17(5-7-18)22(36)13-19-12-16(2)8-9-30-19;1-3-24(36)34-21-13-19(21)14-22(34)28-32-25(26-27(29)31-10-11-33(26)28)18-6-4-17(5-7-18)23(35)15-20-12-16(2)8-9-30-20/h5-13,21-22,26,33H,14-16H2,1-2H3,(H2,30,32);5-13,20,22-23H,14-16H2,1-2H3,(H2,30,32);3-12,20-21,25,32H,1,13-15H2,2H3,(H2,29,31);3-12,19,21-22H,1,13-15H2,2H3,(H2,29,31)/t21?,22-,26?;;20?,21-,25?;/m0.0./s1. The van der Waals surface area contributed by atoms with Gasteiger partial charge in [0, 0.05) is 191 Å². The molecule has 8 aliphatic rings. The van der Waals surface area contributed by atoms with E-state index in [1.807, 2.05) is 211 Å². The molecule has 12 atom stereocenters. The number of amides is 4. The molecule has 4 bridgehead atoms. The van der Waals surface area contributed by atoms with Crippen LogP contribution in [0.25, 0.3) is 67.1 Å². The van der Waals surface area contributed by atoms with E-state index in [1.54, 1.807) is 87.7 Å². The number of pyridine rings is 4. The van der Waals surface area contributed by atoms with Crippen LogP contribution < -0.4 is 33.6 Å². The number of nitrogens with zero attached hydrogens (tertiary/aromatic N) is 20. The van der Waals surface area contributed by atoms with Crippen molar-refractivity contribution in [3.63, 3.8) is 0 Å². The van der Waals surface area contributed by atoms with Crippen molar-refractivity contribution >= 4 is 92.1 Å². The second-order valence-electron chi connectivity index (χ2n) is 38.8. The summed E-state index contributed by atoms with van der Waals surface area (Å²) in [5.74, 6) is 15.7. The van der Waals surface area contributed by atoms with Crippen molar-refractivity contribution < 1.29 is 38.4 Å². The highest BCUT2D eigenvalue weighted by molar-refractivity contribution is 6.02. The zero-order valence-corrected chi connectivity index (χ0v) is 82.3. The fourth-order valence-corrected chi connectivity index (χ4v) is 22.1. The average Bonchev–Trinajstić information content (AvgIpc) is 1.57. The van der Waals surface area contributed by atoms with Gasteiger partial charge in [0.05, 0.1) is 37.8 Å². The minimum Gasteiger partial charge on any atom is -0.382 e. The number of piperazine rings is 2. The van der Waals surface area contributed by atoms with E-state index in [2.05, 4.69) is 87.3 Å². The first kappa shape index (κ1) is 96.4. The number of hydrogen-bond donors (Lipinski definition) is 6. The molecule has 2 saturated carbocycles. The maximum Gasteiger partial charge on any atom is 0.299 e. The fourth-order valence-electron chi connectivity index (χ4n) is 22.1. The number of nitrogen functional groups attached to an aromatic ring is 4. The number of nitrogens with one attached hydrogen (secondary N) is 2. The van der Waals surface area contributed by atoms with Gasteiger partial charge in [-0.15, -0.1) is 0 Å². The molecule has 0 radical (unpaired) electrons.